The fraction of sp³-hybridized carbons (Fsp3) is 0.412. The molecule has 24 heavy (non-hydrogen) atoms. The van der Waals surface area contributed by atoms with Crippen molar-refractivity contribution in [2.45, 2.75) is 25.5 Å². The van der Waals surface area contributed by atoms with Gasteiger partial charge in [-0.05, 0) is 26.0 Å². The quantitative estimate of drug-likeness (QED) is 0.882. The largest absolute Gasteiger partial charge is 0.373 e. The van der Waals surface area contributed by atoms with Gasteiger partial charge in [0.1, 0.15) is 5.69 Å². The number of nitrogens with one attached hydrogen (secondary N) is 2. The maximum atomic E-state index is 12.4. The molecule has 0 spiro atoms. The molecular weight excluding hydrogens is 328 g/mol. The van der Waals surface area contributed by atoms with E-state index in [1.165, 1.54) is 0 Å². The number of hydrogen-bond donors (Lipinski definition) is 2. The van der Waals surface area contributed by atoms with E-state index in [1.807, 2.05) is 30.3 Å². The number of morpholine rings is 1. The van der Waals surface area contributed by atoms with Crippen molar-refractivity contribution in [3.63, 3.8) is 0 Å². The van der Waals surface area contributed by atoms with Crippen LogP contribution in [0.2, 0.25) is 0 Å². The van der Waals surface area contributed by atoms with Crippen molar-refractivity contribution < 1.29 is 9.53 Å². The highest BCUT2D eigenvalue weighted by Crippen LogP contribution is 2.12. The van der Waals surface area contributed by atoms with Crippen LogP contribution in [-0.2, 0) is 4.74 Å². The molecule has 0 saturated carbocycles. The molecule has 1 amide bonds. The number of imidazole rings is 1. The minimum Gasteiger partial charge on any atom is -0.373 e. The van der Waals surface area contributed by atoms with Crippen LogP contribution in [0.5, 0.6) is 0 Å². The molecule has 1 fully saturated rings. The zero-order valence-electron chi connectivity index (χ0n) is 13.9. The zero-order chi connectivity index (χ0) is 16.3. The Kier molecular flexibility index (Phi) is 5.99. The Morgan fingerprint density at radius 3 is 2.83 bits per heavy atom. The van der Waals surface area contributed by atoms with Crippen molar-refractivity contribution >= 4 is 18.3 Å². The number of ether oxygens (including phenoxy) is 1. The Bertz CT molecular complexity index is 662. The van der Waals surface area contributed by atoms with Crippen molar-refractivity contribution in [3.8, 4) is 5.69 Å². The molecule has 0 bridgehead atoms. The number of halogens is 1. The predicted octanol–water partition coefficient (Wildman–Crippen LogP) is 1.79. The van der Waals surface area contributed by atoms with E-state index in [0.717, 1.165) is 12.2 Å². The number of para-hydroxylation sites is 1. The van der Waals surface area contributed by atoms with Gasteiger partial charge in [0.15, 0.2) is 0 Å². The van der Waals surface area contributed by atoms with Crippen molar-refractivity contribution in [1.29, 1.82) is 0 Å². The van der Waals surface area contributed by atoms with E-state index in [1.54, 1.807) is 17.1 Å². The van der Waals surface area contributed by atoms with E-state index in [2.05, 4.69) is 29.5 Å². The van der Waals surface area contributed by atoms with Gasteiger partial charge in [0.25, 0.3) is 5.91 Å². The monoisotopic (exact) mass is 350 g/mol. The standard InChI is InChI=1S/C17H22N4O2.ClH/c1-17(2)11-23-14(9-20-17)8-19-16(22)15-10-18-12-21(15)13-6-4-3-5-7-13;/h3-7,10,12,14,20H,8-9,11H2,1-2H3,(H,19,22);1H. The van der Waals surface area contributed by atoms with Crippen LogP contribution in [0.25, 0.3) is 5.69 Å². The molecule has 1 unspecified atom stereocenters. The topological polar surface area (TPSA) is 68.2 Å². The second-order valence-corrected chi connectivity index (χ2v) is 6.39. The van der Waals surface area contributed by atoms with Crippen LogP contribution in [0, 0.1) is 0 Å². The third kappa shape index (κ3) is 4.35. The third-order valence-corrected chi connectivity index (χ3v) is 3.88. The van der Waals surface area contributed by atoms with Gasteiger partial charge in [0, 0.05) is 24.3 Å². The number of nitrogens with zero attached hydrogens (tertiary/aromatic N) is 2. The molecule has 1 aliphatic rings. The Morgan fingerprint density at radius 1 is 1.42 bits per heavy atom. The van der Waals surface area contributed by atoms with Gasteiger partial charge in [-0.3, -0.25) is 9.36 Å². The number of carbonyl (C=O) groups is 1. The molecule has 0 radical (unpaired) electrons. The minimum absolute atomic E-state index is 0. The van der Waals surface area contributed by atoms with Gasteiger partial charge in [-0.1, -0.05) is 18.2 Å². The van der Waals surface area contributed by atoms with Gasteiger partial charge < -0.3 is 15.4 Å². The summed E-state index contributed by atoms with van der Waals surface area (Å²) in [7, 11) is 0. The summed E-state index contributed by atoms with van der Waals surface area (Å²) in [5.74, 6) is -0.153. The Morgan fingerprint density at radius 2 is 2.17 bits per heavy atom. The van der Waals surface area contributed by atoms with Gasteiger partial charge in [0.2, 0.25) is 0 Å². The molecule has 0 aliphatic carbocycles. The normalized spacial score (nSPS) is 19.3. The molecule has 7 heteroatoms. The van der Waals surface area contributed by atoms with Gasteiger partial charge in [-0.15, -0.1) is 12.4 Å². The maximum absolute atomic E-state index is 12.4. The van der Waals surface area contributed by atoms with Crippen LogP contribution in [0.4, 0.5) is 0 Å². The molecule has 6 nitrogen and oxygen atoms in total. The lowest BCUT2D eigenvalue weighted by Crippen LogP contribution is -2.55. The van der Waals surface area contributed by atoms with E-state index >= 15 is 0 Å². The molecule has 3 rings (SSSR count). The maximum Gasteiger partial charge on any atom is 0.270 e. The van der Waals surface area contributed by atoms with Crippen LogP contribution in [0.3, 0.4) is 0 Å². The van der Waals surface area contributed by atoms with E-state index in [4.69, 9.17) is 4.74 Å². The van der Waals surface area contributed by atoms with E-state index in [0.29, 0.717) is 18.8 Å². The van der Waals surface area contributed by atoms with Gasteiger partial charge in [0.05, 0.1) is 25.2 Å². The fourth-order valence-electron chi connectivity index (χ4n) is 2.51. The van der Waals surface area contributed by atoms with Gasteiger partial charge in [-0.25, -0.2) is 4.98 Å². The molecule has 2 heterocycles. The summed E-state index contributed by atoms with van der Waals surface area (Å²) >= 11 is 0. The minimum atomic E-state index is -0.153. The number of aromatic nitrogens is 2. The molecule has 1 aliphatic heterocycles. The Labute approximate surface area is 148 Å². The fourth-order valence-corrected chi connectivity index (χ4v) is 2.51. The number of hydrogen-bond acceptors (Lipinski definition) is 4. The van der Waals surface area contributed by atoms with E-state index < -0.39 is 0 Å². The lowest BCUT2D eigenvalue weighted by atomic mass is 10.0. The highest BCUT2D eigenvalue weighted by atomic mass is 35.5. The van der Waals surface area contributed by atoms with Crippen molar-refractivity contribution in [3.05, 3.63) is 48.5 Å². The van der Waals surface area contributed by atoms with Crippen LogP contribution in [-0.4, -0.2) is 46.8 Å². The van der Waals surface area contributed by atoms with E-state index in [-0.39, 0.29) is 30.0 Å². The van der Waals surface area contributed by atoms with Crippen molar-refractivity contribution in [2.24, 2.45) is 0 Å². The molecule has 130 valence electrons. The first kappa shape index (κ1) is 18.4. The van der Waals surface area contributed by atoms with Crippen LogP contribution < -0.4 is 10.6 Å². The van der Waals surface area contributed by atoms with Crippen LogP contribution in [0.1, 0.15) is 24.3 Å². The first-order chi connectivity index (χ1) is 11.1. The summed E-state index contributed by atoms with van der Waals surface area (Å²) in [5, 5.41) is 6.34. The summed E-state index contributed by atoms with van der Waals surface area (Å²) in [4.78, 5) is 16.5. The summed E-state index contributed by atoms with van der Waals surface area (Å²) < 4.78 is 7.55. The van der Waals surface area contributed by atoms with Gasteiger partial charge in [-0.2, -0.15) is 0 Å². The van der Waals surface area contributed by atoms with E-state index in [9.17, 15) is 4.79 Å². The van der Waals surface area contributed by atoms with Crippen molar-refractivity contribution in [1.82, 2.24) is 20.2 Å². The second kappa shape index (κ2) is 7.79. The average molecular weight is 351 g/mol. The highest BCUT2D eigenvalue weighted by Gasteiger charge is 2.27. The highest BCUT2D eigenvalue weighted by molar-refractivity contribution is 5.93. The molecule has 2 N–H and O–H groups in total. The number of rotatable bonds is 4. The van der Waals surface area contributed by atoms with Gasteiger partial charge >= 0.3 is 0 Å². The summed E-state index contributed by atoms with van der Waals surface area (Å²) in [5.41, 5.74) is 1.42. The first-order valence-corrected chi connectivity index (χ1v) is 7.78. The lowest BCUT2D eigenvalue weighted by Gasteiger charge is -2.35. The third-order valence-electron chi connectivity index (χ3n) is 3.88. The Hall–Kier alpha value is -1.89. The second-order valence-electron chi connectivity index (χ2n) is 6.39. The number of carbonyl (C=O) groups excluding carboxylic acids is 1. The molecule has 1 saturated heterocycles. The smallest absolute Gasteiger partial charge is 0.270 e. The SMILES string of the molecule is CC1(C)COC(CNC(=O)c2cncn2-c2ccccc2)CN1.Cl. The van der Waals surface area contributed by atoms with Crippen LogP contribution >= 0.6 is 12.4 Å². The lowest BCUT2D eigenvalue weighted by molar-refractivity contribution is -0.0196. The summed E-state index contributed by atoms with van der Waals surface area (Å²) in [6.07, 6.45) is 3.21. The first-order valence-electron chi connectivity index (χ1n) is 7.78. The zero-order valence-corrected chi connectivity index (χ0v) is 14.7. The molecular formula is C17H23ClN4O2. The number of amides is 1. The predicted molar refractivity (Wildman–Crippen MR) is 95.0 cm³/mol. The number of benzene rings is 1. The molecule has 1 atom stereocenters. The molecule has 1 aromatic heterocycles. The van der Waals surface area contributed by atoms with Crippen LogP contribution in [0.15, 0.2) is 42.9 Å². The Balaban J connectivity index is 0.00000208. The summed E-state index contributed by atoms with van der Waals surface area (Å²) in [6, 6.07) is 9.68. The van der Waals surface area contributed by atoms with Crippen molar-refractivity contribution in [2.75, 3.05) is 19.7 Å². The summed E-state index contributed by atoms with van der Waals surface area (Å²) in [6.45, 7) is 6.03. The molecule has 1 aromatic carbocycles. The average Bonchev–Trinajstić information content (AvgIpc) is 3.04. The molecule has 2 aromatic rings.